The molecule has 0 spiro atoms. The number of benzene rings is 6. The van der Waals surface area contributed by atoms with E-state index in [4.69, 9.17) is 51.5 Å². The Hall–Kier alpha value is -4.99. The fourth-order valence-electron chi connectivity index (χ4n) is 11.2. The van der Waals surface area contributed by atoms with E-state index in [9.17, 15) is 41.9 Å². The number of alkyl halides is 2. The summed E-state index contributed by atoms with van der Waals surface area (Å²) in [5.41, 5.74) is 8.37. The molecule has 0 unspecified atom stereocenters. The number of carboxylic acids is 1. The van der Waals surface area contributed by atoms with E-state index >= 15 is 4.39 Å². The third-order valence-electron chi connectivity index (χ3n) is 16.2. The van der Waals surface area contributed by atoms with Crippen molar-refractivity contribution < 1.29 is 51.4 Å². The van der Waals surface area contributed by atoms with Crippen LogP contribution in [0.3, 0.4) is 0 Å². The predicted molar refractivity (Wildman–Crippen MR) is 495 cm³/mol. The van der Waals surface area contributed by atoms with Crippen molar-refractivity contribution in [2.75, 3.05) is 23.7 Å². The van der Waals surface area contributed by atoms with E-state index in [0.29, 0.717) is 70.0 Å². The highest BCUT2D eigenvalue weighted by atomic mass is 35.5. The average Bonchev–Trinajstić information content (AvgIpc) is 1.62. The normalized spacial score (nSPS) is 14.2. The van der Waals surface area contributed by atoms with E-state index < -0.39 is 59.8 Å². The minimum absolute atomic E-state index is 0. The van der Waals surface area contributed by atoms with Crippen LogP contribution < -0.4 is 16.0 Å². The third-order valence-corrected chi connectivity index (χ3v) is 37.6. The smallest absolute Gasteiger partial charge is 0.323 e. The molecule has 3 amide bonds. The average molecular weight is 1950 g/mol. The predicted octanol–water partition coefficient (Wildman–Crippen LogP) is 16.0. The molecular weight excluding hydrogens is 1900 g/mol. The van der Waals surface area contributed by atoms with E-state index in [1.807, 2.05) is 43.3 Å². The van der Waals surface area contributed by atoms with Gasteiger partial charge >= 0.3 is 5.97 Å². The number of Topliss-reactive ketones (excluding diaryl/α,β-unsaturated/α-hetero) is 2. The van der Waals surface area contributed by atoms with Gasteiger partial charge in [-0.3, -0.25) is 38.7 Å². The molecule has 6 aromatic carbocycles. The highest BCUT2D eigenvalue weighted by molar-refractivity contribution is 8.68. The van der Waals surface area contributed by atoms with Crippen molar-refractivity contribution >= 4 is 301 Å². The molecule has 592 valence electrons. The minimum Gasteiger partial charge on any atom is -0.480 e. The van der Waals surface area contributed by atoms with Crippen LogP contribution in [0.5, 0.6) is 0 Å². The molecule has 15 nitrogen and oxygen atoms in total. The van der Waals surface area contributed by atoms with Gasteiger partial charge in [0.05, 0.1) is 45.4 Å². The van der Waals surface area contributed by atoms with E-state index in [1.165, 1.54) is 111 Å². The maximum Gasteiger partial charge on any atom is 0.323 e. The number of anilines is 2. The SMILES string of the molecule is CC(=O)c1cn(CC(=O)N2C[C@H](F)C[C@H]2C(=O)Nc2cccc(-c3ccccc3Cl)c2F)c2ccc(-c3cnc(C)c(Cl)c3)cc12.CC(=O)c1cn(CC(=O)O)c2ccc(-c3cnc(C)c(Cl)c3)cc12.Cl.O=C(Nc1cccc(-c2ccccc2Cl)c1F)[C@@H]1C[C@@H](F)CN1.S=S=S=S=S.S=S=S=S=S=S.S=S=S=S=S=S=S. The Labute approximate surface area is 731 Å². The van der Waals surface area contributed by atoms with Gasteiger partial charge < -0.3 is 35.1 Å². The second kappa shape index (κ2) is 48.7. The number of hydrogen-bond donors (Lipinski definition) is 4. The molecule has 4 N–H and O–H groups in total. The van der Waals surface area contributed by atoms with Gasteiger partial charge in [-0.25, -0.2) is 17.6 Å². The molecule has 4 aromatic heterocycles. The summed E-state index contributed by atoms with van der Waals surface area (Å²) >= 11 is 51.8. The molecular formula is C70H59Cl5F4N8O7S18. The largest absolute Gasteiger partial charge is 0.480 e. The van der Waals surface area contributed by atoms with Crippen molar-refractivity contribution in [3.63, 3.8) is 0 Å². The van der Waals surface area contributed by atoms with Gasteiger partial charge in [0.2, 0.25) is 17.7 Å². The number of amides is 3. The van der Waals surface area contributed by atoms with E-state index in [1.54, 1.807) is 152 Å². The number of nitrogens with one attached hydrogen (secondary N) is 3. The van der Waals surface area contributed by atoms with Crippen molar-refractivity contribution in [2.24, 2.45) is 0 Å². The zero-order chi connectivity index (χ0) is 81.0. The van der Waals surface area contributed by atoms with Crippen LogP contribution in [0.15, 0.2) is 158 Å². The Balaban J connectivity index is 0.000000249. The second-order valence-corrected chi connectivity index (χ2v) is 46.0. The van der Waals surface area contributed by atoms with Gasteiger partial charge in [0.25, 0.3) is 0 Å². The fourth-order valence-corrected chi connectivity index (χ4v) is 28.5. The van der Waals surface area contributed by atoms with Gasteiger partial charge in [-0.1, -0.05) is 119 Å². The number of fused-ring (bicyclic) bond motifs is 2. The molecule has 2 aliphatic heterocycles. The summed E-state index contributed by atoms with van der Waals surface area (Å²) in [5, 5.41) is 20.1. The molecule has 2 fully saturated rings. The molecule has 2 aliphatic rings. The number of carboxylic acid groups (broad SMARTS) is 1. The van der Waals surface area contributed by atoms with Crippen molar-refractivity contribution in [1.82, 2.24) is 29.3 Å². The first-order chi connectivity index (χ1) is 53.2. The van der Waals surface area contributed by atoms with E-state index in [2.05, 4.69) is 93.0 Å². The van der Waals surface area contributed by atoms with Crippen molar-refractivity contribution in [2.45, 2.75) is 78.1 Å². The zero-order valence-electron chi connectivity index (χ0n) is 58.0. The molecule has 0 bridgehead atoms. The van der Waals surface area contributed by atoms with Crippen molar-refractivity contribution in [3.8, 4) is 44.5 Å². The maximum atomic E-state index is 15.5. The first kappa shape index (κ1) is 95.9. The molecule has 0 aliphatic carbocycles. The molecule has 12 rings (SSSR count). The summed E-state index contributed by atoms with van der Waals surface area (Å²) in [5.74, 6) is -4.20. The summed E-state index contributed by atoms with van der Waals surface area (Å²) in [4.78, 5) is 84.4. The van der Waals surface area contributed by atoms with Gasteiger partial charge in [-0.15, -0.1) is 12.4 Å². The van der Waals surface area contributed by atoms with Crippen LogP contribution in [-0.2, 0) is 206 Å². The Bertz CT molecular complexity index is 5750. The first-order valence-corrected chi connectivity index (χ1v) is 53.2. The number of pyridine rings is 2. The summed E-state index contributed by atoms with van der Waals surface area (Å²) in [7, 11) is 16.9. The quantitative estimate of drug-likeness (QED) is 0.0592. The number of carbonyl (C=O) groups is 6. The Morgan fingerprint density at radius 1 is 0.518 bits per heavy atom. The maximum absolute atomic E-state index is 15.5. The van der Waals surface area contributed by atoms with Gasteiger partial charge in [0.15, 0.2) is 23.2 Å². The summed E-state index contributed by atoms with van der Waals surface area (Å²) < 4.78 is 61.3. The van der Waals surface area contributed by atoms with Crippen LogP contribution in [0, 0.1) is 25.5 Å². The lowest BCUT2D eigenvalue weighted by molar-refractivity contribution is -0.137. The summed E-state index contributed by atoms with van der Waals surface area (Å²) in [6.45, 7) is 5.95. The number of aliphatic carboxylic acids is 1. The van der Waals surface area contributed by atoms with Gasteiger partial charge in [0.1, 0.15) is 31.5 Å². The lowest BCUT2D eigenvalue weighted by Gasteiger charge is -2.24. The highest BCUT2D eigenvalue weighted by Crippen LogP contribution is 2.37. The summed E-state index contributed by atoms with van der Waals surface area (Å²) in [6.07, 6.45) is 3.97. The molecule has 0 radical (unpaired) electrons. The van der Waals surface area contributed by atoms with Crippen LogP contribution in [0.4, 0.5) is 28.9 Å². The molecule has 2 saturated heterocycles. The van der Waals surface area contributed by atoms with E-state index in [0.717, 1.165) is 33.3 Å². The fraction of sp³-hybridized carbons (Fsp3) is 0.200. The van der Waals surface area contributed by atoms with Crippen LogP contribution in [0.1, 0.15) is 58.8 Å². The molecule has 4 atom stereocenters. The lowest BCUT2D eigenvalue weighted by Crippen LogP contribution is -2.44. The Morgan fingerprint density at radius 3 is 1.33 bits per heavy atom. The molecule has 42 heteroatoms. The number of aromatic nitrogens is 4. The second-order valence-electron chi connectivity index (χ2n) is 23.2. The third kappa shape index (κ3) is 27.6. The van der Waals surface area contributed by atoms with Crippen LogP contribution >= 0.6 is 58.8 Å². The van der Waals surface area contributed by atoms with Crippen LogP contribution in [0.25, 0.3) is 66.3 Å². The van der Waals surface area contributed by atoms with Crippen molar-refractivity contribution in [3.05, 3.63) is 212 Å². The first-order valence-electron chi connectivity index (χ1n) is 31.7. The zero-order valence-corrected chi connectivity index (χ0v) is 76.5. The summed E-state index contributed by atoms with van der Waals surface area (Å²) in [6, 6.07) is 35.7. The highest BCUT2D eigenvalue weighted by Gasteiger charge is 2.40. The number of likely N-dealkylation sites (tertiary alicyclic amines) is 1. The number of hydrogen-bond acceptors (Lipinski definition) is 15. The van der Waals surface area contributed by atoms with Gasteiger partial charge in [0, 0.05) is 294 Å². The van der Waals surface area contributed by atoms with E-state index in [-0.39, 0.29) is 79.9 Å². The van der Waals surface area contributed by atoms with Gasteiger partial charge in [-0.2, -0.15) is 0 Å². The monoisotopic (exact) mass is 1950 g/mol. The topological polar surface area (TPSA) is 198 Å². The number of nitrogens with zero attached hydrogens (tertiary/aromatic N) is 5. The molecule has 0 saturated carbocycles. The number of aryl methyl sites for hydroxylation is 2. The molecule has 6 heterocycles. The molecule has 10 aromatic rings. The number of carbonyl (C=O) groups excluding carboxylic acids is 5. The number of rotatable bonds is 14. The lowest BCUT2D eigenvalue weighted by atomic mass is 10.0. The minimum atomic E-state index is -1.44. The Kier molecular flexibility index (Phi) is 41.6. The number of ketones is 2. The Morgan fingerprint density at radius 2 is 0.938 bits per heavy atom. The van der Waals surface area contributed by atoms with Crippen LogP contribution in [-0.4, -0.2) is 102 Å². The number of halogens is 9. The standard InChI is InChI=1S/C35H28Cl2F2N4O3.C18H15ClN2O3.C17H15ClF2N2O.ClH.S7.S6.S5/c1-19-29(37)13-22(15-40-19)21-10-11-31-26(12-21)27(20(2)44)17-42(31)18-33(45)43-16-23(38)14-32(43)35(46)41-30-9-5-7-25(34(30)39)24-6-3-4-8-28(24)36;1-10-16(19)6-13(7-20-10)12-3-4-17-14(5-12)15(11(2)22)8-21(17)9-18(23)24;18-13-6-2-1-4-11(13)12-5-3-7-14(16(12)20)22-17(23)15-8-10(19)9-21-15;;1-3-5-7-6-4-2;1-3-5-6-4-2;1-3-5-4-2/h3-13,15,17,23,32H,14,16,18H2,1-2H3,(H,41,46);3-8H,9H2,1-2H3,(H,23,24);1-7,10,15,21H,8-9H2,(H,22,23);1H;;;/t23-,32+;;10-,15+;;;;/m1.1..../s1. The van der Waals surface area contributed by atoms with Crippen molar-refractivity contribution in [1.29, 1.82) is 0 Å². The van der Waals surface area contributed by atoms with Gasteiger partial charge in [-0.05, 0) is 99.5 Å². The van der Waals surface area contributed by atoms with Crippen LogP contribution in [0.2, 0.25) is 20.1 Å². The molecule has 112 heavy (non-hydrogen) atoms.